The van der Waals surface area contributed by atoms with Crippen LogP contribution in [0.15, 0.2) is 18.2 Å². The maximum absolute atomic E-state index is 13.9. The Morgan fingerprint density at radius 1 is 1.43 bits per heavy atom. The number of carbonyl (C=O) groups is 1. The average Bonchev–Trinajstić information content (AvgIpc) is 2.45. The molecule has 21 heavy (non-hydrogen) atoms. The third-order valence-corrected chi connectivity index (χ3v) is 3.03. The highest BCUT2D eigenvalue weighted by atomic mass is 19.4. The Labute approximate surface area is 117 Å². The fraction of sp³-hybridized carbons (Fsp3) is 0.385. The average molecular weight is 302 g/mol. The topological polar surface area (TPSA) is 53.3 Å². The molecule has 0 bridgehead atoms. The van der Waals surface area contributed by atoms with Gasteiger partial charge in [0, 0.05) is 6.54 Å². The molecule has 0 saturated carbocycles. The van der Waals surface area contributed by atoms with Crippen LogP contribution in [0, 0.1) is 17.1 Å². The van der Waals surface area contributed by atoms with Crippen molar-refractivity contribution in [1.29, 1.82) is 5.26 Å². The third kappa shape index (κ3) is 3.13. The number of hydrogen-bond donors (Lipinski definition) is 0. The van der Waals surface area contributed by atoms with Gasteiger partial charge in [0.2, 0.25) is 0 Å². The van der Waals surface area contributed by atoms with Gasteiger partial charge in [-0.2, -0.15) is 18.4 Å². The molecule has 0 N–H and O–H groups in total. The first kappa shape index (κ1) is 15.3. The molecule has 1 fully saturated rings. The number of nitriles is 1. The van der Waals surface area contributed by atoms with E-state index < -0.39 is 35.1 Å². The summed E-state index contributed by atoms with van der Waals surface area (Å²) in [6, 6.07) is 4.34. The highest BCUT2D eigenvalue weighted by Crippen LogP contribution is 2.32. The van der Waals surface area contributed by atoms with Crippen LogP contribution in [0.3, 0.4) is 0 Å². The summed E-state index contributed by atoms with van der Waals surface area (Å²) in [7, 11) is 0. The van der Waals surface area contributed by atoms with Gasteiger partial charge >= 0.3 is 6.18 Å². The number of halogens is 4. The fourth-order valence-corrected chi connectivity index (χ4v) is 2.00. The van der Waals surface area contributed by atoms with E-state index in [1.54, 1.807) is 6.07 Å². The van der Waals surface area contributed by atoms with Gasteiger partial charge in [-0.3, -0.25) is 4.79 Å². The molecule has 1 atom stereocenters. The Bertz CT molecular complexity index is 595. The second-order valence-corrected chi connectivity index (χ2v) is 4.40. The lowest BCUT2D eigenvalue weighted by Crippen LogP contribution is -2.45. The van der Waals surface area contributed by atoms with E-state index in [1.807, 2.05) is 0 Å². The molecule has 1 heterocycles. The number of morpholine rings is 1. The third-order valence-electron chi connectivity index (χ3n) is 3.03. The van der Waals surface area contributed by atoms with Gasteiger partial charge in [0.05, 0.1) is 30.3 Å². The van der Waals surface area contributed by atoms with E-state index in [-0.39, 0.29) is 19.7 Å². The van der Waals surface area contributed by atoms with Crippen molar-refractivity contribution in [3.63, 3.8) is 0 Å². The minimum absolute atomic E-state index is 0.0740. The SMILES string of the molecule is N#CC1CN(C(=O)c2cccc(C(F)(F)F)c2F)CCO1. The second kappa shape index (κ2) is 5.69. The minimum atomic E-state index is -4.87. The number of benzene rings is 1. The molecule has 1 amide bonds. The summed E-state index contributed by atoms with van der Waals surface area (Å²) >= 11 is 0. The van der Waals surface area contributed by atoms with E-state index in [0.29, 0.717) is 6.07 Å². The van der Waals surface area contributed by atoms with Crippen LogP contribution < -0.4 is 0 Å². The van der Waals surface area contributed by atoms with E-state index in [9.17, 15) is 22.4 Å². The molecular weight excluding hydrogens is 292 g/mol. The largest absolute Gasteiger partial charge is 0.419 e. The van der Waals surface area contributed by atoms with Crippen molar-refractivity contribution in [3.8, 4) is 6.07 Å². The van der Waals surface area contributed by atoms with Crippen LogP contribution in [0.4, 0.5) is 17.6 Å². The lowest BCUT2D eigenvalue weighted by molar-refractivity contribution is -0.140. The van der Waals surface area contributed by atoms with Crippen molar-refractivity contribution < 1.29 is 27.1 Å². The van der Waals surface area contributed by atoms with Crippen LogP contribution in [0.5, 0.6) is 0 Å². The van der Waals surface area contributed by atoms with Crippen molar-refractivity contribution in [2.24, 2.45) is 0 Å². The fourth-order valence-electron chi connectivity index (χ4n) is 2.00. The summed E-state index contributed by atoms with van der Waals surface area (Å²) in [5.74, 6) is -2.49. The van der Waals surface area contributed by atoms with E-state index in [4.69, 9.17) is 10.00 Å². The van der Waals surface area contributed by atoms with E-state index >= 15 is 0 Å². The van der Waals surface area contributed by atoms with Gasteiger partial charge in [0.25, 0.3) is 5.91 Å². The Morgan fingerprint density at radius 3 is 2.76 bits per heavy atom. The van der Waals surface area contributed by atoms with Gasteiger partial charge in [-0.25, -0.2) is 4.39 Å². The second-order valence-electron chi connectivity index (χ2n) is 4.40. The van der Waals surface area contributed by atoms with Gasteiger partial charge in [0.15, 0.2) is 6.10 Å². The number of nitrogens with zero attached hydrogens (tertiary/aromatic N) is 2. The summed E-state index contributed by atoms with van der Waals surface area (Å²) in [6.07, 6.45) is -5.74. The molecule has 0 radical (unpaired) electrons. The lowest BCUT2D eigenvalue weighted by Gasteiger charge is -2.30. The van der Waals surface area contributed by atoms with Crippen molar-refractivity contribution in [3.05, 3.63) is 35.1 Å². The number of amides is 1. The van der Waals surface area contributed by atoms with Crippen LogP contribution in [-0.2, 0) is 10.9 Å². The molecule has 0 aromatic heterocycles. The highest BCUT2D eigenvalue weighted by molar-refractivity contribution is 5.94. The van der Waals surface area contributed by atoms with Gasteiger partial charge in [-0.1, -0.05) is 6.07 Å². The zero-order valence-corrected chi connectivity index (χ0v) is 10.7. The number of hydrogen-bond acceptors (Lipinski definition) is 3. The monoisotopic (exact) mass is 302 g/mol. The molecule has 0 aliphatic carbocycles. The zero-order valence-electron chi connectivity index (χ0n) is 10.7. The summed E-state index contributed by atoms with van der Waals surface area (Å²) < 4.78 is 56.8. The van der Waals surface area contributed by atoms with Crippen LogP contribution in [0.1, 0.15) is 15.9 Å². The number of carbonyl (C=O) groups excluding carboxylic acids is 1. The first-order valence-corrected chi connectivity index (χ1v) is 6.01. The molecular formula is C13H10F4N2O2. The standard InChI is InChI=1S/C13H10F4N2O2/c14-11-9(2-1-3-10(11)13(15,16)17)12(20)19-4-5-21-8(6-18)7-19/h1-3,8H,4-5,7H2. The molecule has 4 nitrogen and oxygen atoms in total. The van der Waals surface area contributed by atoms with Gasteiger partial charge < -0.3 is 9.64 Å². The molecule has 1 aliphatic heterocycles. The zero-order chi connectivity index (χ0) is 15.6. The first-order valence-electron chi connectivity index (χ1n) is 6.01. The molecule has 1 aromatic rings. The van der Waals surface area contributed by atoms with Crippen molar-refractivity contribution in [1.82, 2.24) is 4.90 Å². The number of alkyl halides is 3. The normalized spacial score (nSPS) is 19.2. The van der Waals surface area contributed by atoms with Crippen molar-refractivity contribution >= 4 is 5.91 Å². The number of rotatable bonds is 1. The summed E-state index contributed by atoms with van der Waals surface area (Å²) in [5.41, 5.74) is -2.15. The van der Waals surface area contributed by atoms with Gasteiger partial charge in [-0.05, 0) is 12.1 Å². The van der Waals surface area contributed by atoms with Crippen molar-refractivity contribution in [2.45, 2.75) is 12.3 Å². The summed E-state index contributed by atoms with van der Waals surface area (Å²) in [6.45, 7) is 0.0578. The van der Waals surface area contributed by atoms with E-state index in [1.165, 1.54) is 0 Å². The smallest absolute Gasteiger partial charge is 0.360 e. The molecule has 2 rings (SSSR count). The summed E-state index contributed by atoms with van der Waals surface area (Å²) in [4.78, 5) is 13.2. The summed E-state index contributed by atoms with van der Waals surface area (Å²) in [5, 5.41) is 8.73. The molecule has 8 heteroatoms. The number of ether oxygens (including phenoxy) is 1. The van der Waals surface area contributed by atoms with Crippen molar-refractivity contribution in [2.75, 3.05) is 19.7 Å². The molecule has 1 unspecified atom stereocenters. The van der Waals surface area contributed by atoms with Gasteiger partial charge in [-0.15, -0.1) is 0 Å². The van der Waals surface area contributed by atoms with Crippen LogP contribution in [0.25, 0.3) is 0 Å². The van der Waals surface area contributed by atoms with E-state index in [0.717, 1.165) is 17.0 Å². The Kier molecular flexibility index (Phi) is 4.14. The van der Waals surface area contributed by atoms with Gasteiger partial charge in [0.1, 0.15) is 5.82 Å². The predicted octanol–water partition coefficient (Wildman–Crippen LogP) is 2.21. The Balaban J connectivity index is 2.30. The lowest BCUT2D eigenvalue weighted by atomic mass is 10.1. The maximum Gasteiger partial charge on any atom is 0.419 e. The quantitative estimate of drug-likeness (QED) is 0.747. The van der Waals surface area contributed by atoms with Crippen LogP contribution in [0.2, 0.25) is 0 Å². The Hall–Kier alpha value is -2.14. The van der Waals surface area contributed by atoms with Crippen LogP contribution in [-0.4, -0.2) is 36.6 Å². The molecule has 1 aromatic carbocycles. The molecule has 1 aliphatic rings. The minimum Gasteiger partial charge on any atom is -0.360 e. The molecule has 1 saturated heterocycles. The highest BCUT2D eigenvalue weighted by Gasteiger charge is 2.36. The maximum atomic E-state index is 13.9. The first-order chi connectivity index (χ1) is 9.84. The molecule has 112 valence electrons. The Morgan fingerprint density at radius 2 is 2.14 bits per heavy atom. The van der Waals surface area contributed by atoms with E-state index in [2.05, 4.69) is 0 Å². The van der Waals surface area contributed by atoms with Crippen LogP contribution >= 0.6 is 0 Å². The predicted molar refractivity (Wildman–Crippen MR) is 62.7 cm³/mol. The molecule has 0 spiro atoms.